The third kappa shape index (κ3) is 3.93. The third-order valence-corrected chi connectivity index (χ3v) is 4.02. The summed E-state index contributed by atoms with van der Waals surface area (Å²) in [6.07, 6.45) is 4.03. The highest BCUT2D eigenvalue weighted by Crippen LogP contribution is 2.31. The van der Waals surface area contributed by atoms with Crippen molar-refractivity contribution in [1.82, 2.24) is 10.2 Å². The quantitative estimate of drug-likeness (QED) is 0.827. The Morgan fingerprint density at radius 3 is 2.59 bits per heavy atom. The van der Waals surface area contributed by atoms with Crippen LogP contribution in [0.25, 0.3) is 0 Å². The second kappa shape index (κ2) is 7.72. The van der Waals surface area contributed by atoms with Crippen LogP contribution in [0.15, 0.2) is 12.1 Å². The first-order chi connectivity index (χ1) is 10.7. The lowest BCUT2D eigenvalue weighted by Crippen LogP contribution is -2.32. The molecule has 1 saturated carbocycles. The topological polar surface area (TPSA) is 90.4 Å². The molecule has 1 aromatic heterocycles. The van der Waals surface area contributed by atoms with Crippen LogP contribution in [0.4, 0.5) is 5.82 Å². The van der Waals surface area contributed by atoms with E-state index in [-0.39, 0.29) is 23.5 Å². The van der Waals surface area contributed by atoms with E-state index in [0.29, 0.717) is 12.4 Å². The zero-order valence-corrected chi connectivity index (χ0v) is 12.9. The number of anilines is 1. The Morgan fingerprint density at radius 2 is 1.95 bits per heavy atom. The number of esters is 2. The summed E-state index contributed by atoms with van der Waals surface area (Å²) in [5.74, 6) is 0.0781. The van der Waals surface area contributed by atoms with Crippen LogP contribution < -0.4 is 5.32 Å². The van der Waals surface area contributed by atoms with Gasteiger partial charge in [0.2, 0.25) is 0 Å². The molecule has 0 aliphatic heterocycles. The average Bonchev–Trinajstić information content (AvgIpc) is 2.59. The molecule has 0 spiro atoms. The van der Waals surface area contributed by atoms with E-state index in [1.807, 2.05) is 0 Å². The maximum Gasteiger partial charge on any atom is 0.358 e. The van der Waals surface area contributed by atoms with Crippen LogP contribution in [0.1, 0.15) is 36.2 Å². The molecule has 1 aromatic rings. The van der Waals surface area contributed by atoms with Crippen molar-refractivity contribution in [3.63, 3.8) is 0 Å². The fourth-order valence-electron chi connectivity index (χ4n) is 2.79. The van der Waals surface area contributed by atoms with Gasteiger partial charge in [-0.25, -0.2) is 4.79 Å². The van der Waals surface area contributed by atoms with Crippen molar-refractivity contribution in [3.8, 4) is 0 Å². The normalized spacial score (nSPS) is 21.0. The van der Waals surface area contributed by atoms with Crippen LogP contribution >= 0.6 is 0 Å². The van der Waals surface area contributed by atoms with Gasteiger partial charge >= 0.3 is 11.9 Å². The first kappa shape index (κ1) is 16.2. The molecule has 0 saturated heterocycles. The predicted molar refractivity (Wildman–Crippen MR) is 79.3 cm³/mol. The van der Waals surface area contributed by atoms with Crippen molar-refractivity contribution in [2.24, 2.45) is 11.8 Å². The fraction of sp³-hybridized carbons (Fsp3) is 0.600. The van der Waals surface area contributed by atoms with Crippen LogP contribution in [0.5, 0.6) is 0 Å². The largest absolute Gasteiger partial charge is 0.469 e. The van der Waals surface area contributed by atoms with E-state index in [4.69, 9.17) is 4.74 Å². The van der Waals surface area contributed by atoms with Gasteiger partial charge in [0.05, 0.1) is 20.1 Å². The zero-order chi connectivity index (χ0) is 15.9. The van der Waals surface area contributed by atoms with E-state index in [0.717, 1.165) is 25.7 Å². The zero-order valence-electron chi connectivity index (χ0n) is 12.9. The molecule has 22 heavy (non-hydrogen) atoms. The van der Waals surface area contributed by atoms with Crippen LogP contribution in [0.2, 0.25) is 0 Å². The minimum absolute atomic E-state index is 0.0615. The van der Waals surface area contributed by atoms with Crippen molar-refractivity contribution in [2.75, 3.05) is 26.1 Å². The number of ether oxygens (including phenoxy) is 2. The molecule has 7 nitrogen and oxygen atoms in total. The van der Waals surface area contributed by atoms with Gasteiger partial charge in [0, 0.05) is 6.54 Å². The molecule has 1 N–H and O–H groups in total. The van der Waals surface area contributed by atoms with Gasteiger partial charge < -0.3 is 14.8 Å². The summed E-state index contributed by atoms with van der Waals surface area (Å²) in [7, 11) is 2.73. The summed E-state index contributed by atoms with van der Waals surface area (Å²) >= 11 is 0. The molecule has 1 aliphatic rings. The van der Waals surface area contributed by atoms with Crippen LogP contribution in [-0.4, -0.2) is 42.9 Å². The minimum atomic E-state index is -0.517. The smallest absolute Gasteiger partial charge is 0.358 e. The lowest BCUT2D eigenvalue weighted by Gasteiger charge is -2.29. The van der Waals surface area contributed by atoms with Crippen molar-refractivity contribution in [2.45, 2.75) is 25.7 Å². The molecule has 7 heteroatoms. The Labute approximate surface area is 129 Å². The number of nitrogens with zero attached hydrogens (tertiary/aromatic N) is 2. The summed E-state index contributed by atoms with van der Waals surface area (Å²) in [5, 5.41) is 10.9. The highest BCUT2D eigenvalue weighted by molar-refractivity contribution is 5.86. The number of carbonyl (C=O) groups excluding carboxylic acids is 2. The van der Waals surface area contributed by atoms with Crippen molar-refractivity contribution >= 4 is 17.8 Å². The van der Waals surface area contributed by atoms with Crippen molar-refractivity contribution < 1.29 is 19.1 Å². The number of carbonyl (C=O) groups is 2. The Bertz CT molecular complexity index is 518. The lowest BCUT2D eigenvalue weighted by atomic mass is 9.79. The monoisotopic (exact) mass is 307 g/mol. The van der Waals surface area contributed by atoms with Gasteiger partial charge in [0.15, 0.2) is 5.69 Å². The lowest BCUT2D eigenvalue weighted by molar-refractivity contribution is -0.148. The molecule has 1 fully saturated rings. The molecule has 0 radical (unpaired) electrons. The summed E-state index contributed by atoms with van der Waals surface area (Å²) in [6, 6.07) is 3.23. The van der Waals surface area contributed by atoms with Gasteiger partial charge in [-0.15, -0.1) is 10.2 Å². The molecule has 2 unspecified atom stereocenters. The van der Waals surface area contributed by atoms with Gasteiger partial charge in [-0.2, -0.15) is 0 Å². The van der Waals surface area contributed by atoms with Crippen molar-refractivity contribution in [1.29, 1.82) is 0 Å². The van der Waals surface area contributed by atoms with E-state index in [9.17, 15) is 9.59 Å². The highest BCUT2D eigenvalue weighted by atomic mass is 16.5. The molecular formula is C15H21N3O4. The van der Waals surface area contributed by atoms with Gasteiger partial charge in [0.25, 0.3) is 0 Å². The number of aromatic nitrogens is 2. The maximum absolute atomic E-state index is 11.8. The standard InChI is InChI=1S/C15H21N3O4/c1-21-14(19)11-6-4-3-5-10(11)9-16-13-8-7-12(17-18-13)15(20)22-2/h7-8,10-11H,3-6,9H2,1-2H3,(H,16,18). The van der Waals surface area contributed by atoms with Crippen LogP contribution in [-0.2, 0) is 14.3 Å². The molecule has 0 amide bonds. The molecule has 1 aliphatic carbocycles. The summed E-state index contributed by atoms with van der Waals surface area (Å²) in [4.78, 5) is 23.1. The minimum Gasteiger partial charge on any atom is -0.469 e. The second-order valence-electron chi connectivity index (χ2n) is 5.35. The summed E-state index contributed by atoms with van der Waals surface area (Å²) in [6.45, 7) is 0.631. The summed E-state index contributed by atoms with van der Waals surface area (Å²) in [5.41, 5.74) is 0.165. The molecule has 0 aromatic carbocycles. The van der Waals surface area contributed by atoms with E-state index in [1.54, 1.807) is 12.1 Å². The SMILES string of the molecule is COC(=O)c1ccc(NCC2CCCCC2C(=O)OC)nn1. The fourth-order valence-corrected chi connectivity index (χ4v) is 2.79. The second-order valence-corrected chi connectivity index (χ2v) is 5.35. The van der Waals surface area contributed by atoms with Gasteiger partial charge in [-0.05, 0) is 30.9 Å². The Hall–Kier alpha value is -2.18. The van der Waals surface area contributed by atoms with E-state index in [1.165, 1.54) is 14.2 Å². The van der Waals surface area contributed by atoms with Gasteiger partial charge in [-0.3, -0.25) is 4.79 Å². The molecule has 2 rings (SSSR count). The van der Waals surface area contributed by atoms with E-state index < -0.39 is 5.97 Å². The van der Waals surface area contributed by atoms with Crippen LogP contribution in [0.3, 0.4) is 0 Å². The Balaban J connectivity index is 1.93. The number of hydrogen-bond acceptors (Lipinski definition) is 7. The molecule has 2 atom stereocenters. The Kier molecular flexibility index (Phi) is 5.68. The number of rotatable bonds is 5. The van der Waals surface area contributed by atoms with Gasteiger partial charge in [-0.1, -0.05) is 12.8 Å². The molecule has 120 valence electrons. The highest BCUT2D eigenvalue weighted by Gasteiger charge is 2.31. The molecule has 0 bridgehead atoms. The third-order valence-electron chi connectivity index (χ3n) is 4.02. The molecule has 1 heterocycles. The number of methoxy groups -OCH3 is 2. The van der Waals surface area contributed by atoms with Gasteiger partial charge in [0.1, 0.15) is 5.82 Å². The van der Waals surface area contributed by atoms with E-state index in [2.05, 4.69) is 20.3 Å². The summed E-state index contributed by atoms with van der Waals surface area (Å²) < 4.78 is 9.45. The number of hydrogen-bond donors (Lipinski definition) is 1. The number of nitrogens with one attached hydrogen (secondary N) is 1. The maximum atomic E-state index is 11.8. The Morgan fingerprint density at radius 1 is 1.18 bits per heavy atom. The first-order valence-electron chi connectivity index (χ1n) is 7.39. The van der Waals surface area contributed by atoms with E-state index >= 15 is 0 Å². The molecular weight excluding hydrogens is 286 g/mol. The predicted octanol–water partition coefficient (Wildman–Crippen LogP) is 1.65. The van der Waals surface area contributed by atoms with Crippen LogP contribution in [0, 0.1) is 11.8 Å². The first-order valence-corrected chi connectivity index (χ1v) is 7.39. The average molecular weight is 307 g/mol. The van der Waals surface area contributed by atoms with Crippen molar-refractivity contribution in [3.05, 3.63) is 17.8 Å².